The van der Waals surface area contributed by atoms with Crippen molar-refractivity contribution in [3.05, 3.63) is 105 Å². The Bertz CT molecular complexity index is 1170. The molecule has 0 aromatic heterocycles. The van der Waals surface area contributed by atoms with Crippen molar-refractivity contribution >= 4 is 29.3 Å². The predicted octanol–water partition coefficient (Wildman–Crippen LogP) is 4.32. The molecule has 3 aromatic rings. The van der Waals surface area contributed by atoms with Gasteiger partial charge in [0.15, 0.2) is 0 Å². The van der Waals surface area contributed by atoms with E-state index in [0.29, 0.717) is 17.0 Å². The first kappa shape index (κ1) is 22.2. The summed E-state index contributed by atoms with van der Waals surface area (Å²) in [5, 5.41) is 16.3. The summed E-state index contributed by atoms with van der Waals surface area (Å²) < 4.78 is 5.22. The third kappa shape index (κ3) is 5.57. The summed E-state index contributed by atoms with van der Waals surface area (Å²) in [6, 6.07) is 19.5. The molecule has 0 aliphatic carbocycles. The zero-order chi connectivity index (χ0) is 23.1. The number of nitro benzene ring substituents is 1. The van der Waals surface area contributed by atoms with E-state index in [-0.39, 0.29) is 16.9 Å². The largest absolute Gasteiger partial charge is 0.496 e. The van der Waals surface area contributed by atoms with Gasteiger partial charge in [-0.1, -0.05) is 29.8 Å². The number of carbonyl (C=O) groups excluding carboxylic acids is 2. The topological polar surface area (TPSA) is 111 Å². The minimum absolute atomic E-state index is 0.0321. The van der Waals surface area contributed by atoms with Gasteiger partial charge in [0, 0.05) is 17.8 Å². The molecule has 0 saturated carbocycles. The van der Waals surface area contributed by atoms with Gasteiger partial charge in [0.25, 0.3) is 17.5 Å². The molecule has 3 aromatic carbocycles. The number of hydrogen-bond donors (Lipinski definition) is 2. The van der Waals surface area contributed by atoms with Gasteiger partial charge in [-0.25, -0.2) is 0 Å². The van der Waals surface area contributed by atoms with E-state index in [1.165, 1.54) is 37.5 Å². The lowest BCUT2D eigenvalue weighted by Gasteiger charge is -2.13. The quantitative estimate of drug-likeness (QED) is 0.329. The highest BCUT2D eigenvalue weighted by atomic mass is 16.6. The van der Waals surface area contributed by atoms with Crippen molar-refractivity contribution in [2.45, 2.75) is 6.92 Å². The summed E-state index contributed by atoms with van der Waals surface area (Å²) in [5.41, 5.74) is 2.25. The van der Waals surface area contributed by atoms with E-state index in [1.54, 1.807) is 36.4 Å². The number of methoxy groups -OCH3 is 1. The monoisotopic (exact) mass is 431 g/mol. The van der Waals surface area contributed by atoms with E-state index in [1.807, 2.05) is 19.1 Å². The van der Waals surface area contributed by atoms with E-state index in [2.05, 4.69) is 10.6 Å². The average molecular weight is 431 g/mol. The molecule has 3 rings (SSSR count). The van der Waals surface area contributed by atoms with Crippen molar-refractivity contribution < 1.29 is 19.2 Å². The molecule has 0 fully saturated rings. The maximum atomic E-state index is 13.0. The van der Waals surface area contributed by atoms with Crippen molar-refractivity contribution in [3.63, 3.8) is 0 Å². The third-order valence-corrected chi connectivity index (χ3v) is 4.57. The Kier molecular flexibility index (Phi) is 6.97. The Morgan fingerprint density at radius 3 is 2.25 bits per heavy atom. The van der Waals surface area contributed by atoms with Gasteiger partial charge in [0.2, 0.25) is 0 Å². The molecule has 32 heavy (non-hydrogen) atoms. The zero-order valence-electron chi connectivity index (χ0n) is 17.5. The van der Waals surface area contributed by atoms with Gasteiger partial charge in [0.1, 0.15) is 11.4 Å². The SMILES string of the molecule is COc1ccccc1C(=O)N/C(=C/c1ccc([N+](=O)[O-])cc1)C(=O)Nc1ccc(C)cc1. The lowest BCUT2D eigenvalue weighted by atomic mass is 10.1. The van der Waals surface area contributed by atoms with Gasteiger partial charge in [-0.2, -0.15) is 0 Å². The molecule has 0 aliphatic heterocycles. The van der Waals surface area contributed by atoms with Gasteiger partial charge >= 0.3 is 0 Å². The molecule has 2 amide bonds. The molecule has 0 bridgehead atoms. The summed E-state index contributed by atoms with van der Waals surface area (Å²) >= 11 is 0. The highest BCUT2D eigenvalue weighted by Gasteiger charge is 2.18. The van der Waals surface area contributed by atoms with Crippen LogP contribution in [0, 0.1) is 17.0 Å². The second-order valence-electron chi connectivity index (χ2n) is 6.88. The van der Waals surface area contributed by atoms with E-state index in [0.717, 1.165) is 5.56 Å². The number of hydrogen-bond acceptors (Lipinski definition) is 5. The number of para-hydroxylation sites is 1. The number of nitro groups is 1. The second kappa shape index (κ2) is 10.0. The number of anilines is 1. The van der Waals surface area contributed by atoms with E-state index in [4.69, 9.17) is 4.74 Å². The molecule has 0 unspecified atom stereocenters. The molecular formula is C24H21N3O5. The van der Waals surface area contributed by atoms with Crippen LogP contribution in [-0.2, 0) is 4.79 Å². The van der Waals surface area contributed by atoms with Gasteiger partial charge < -0.3 is 15.4 Å². The fourth-order valence-corrected chi connectivity index (χ4v) is 2.87. The minimum Gasteiger partial charge on any atom is -0.496 e. The summed E-state index contributed by atoms with van der Waals surface area (Å²) in [4.78, 5) is 36.2. The predicted molar refractivity (Wildman–Crippen MR) is 121 cm³/mol. The molecule has 0 saturated heterocycles. The normalized spacial score (nSPS) is 10.9. The van der Waals surface area contributed by atoms with Gasteiger partial charge in [-0.05, 0) is 55.0 Å². The number of aryl methyl sites for hydroxylation is 1. The lowest BCUT2D eigenvalue weighted by molar-refractivity contribution is -0.384. The first-order valence-corrected chi connectivity index (χ1v) is 9.66. The number of carbonyl (C=O) groups is 2. The first-order valence-electron chi connectivity index (χ1n) is 9.66. The van der Waals surface area contributed by atoms with Gasteiger partial charge in [0.05, 0.1) is 17.6 Å². The van der Waals surface area contributed by atoms with Crippen LogP contribution in [-0.4, -0.2) is 23.8 Å². The van der Waals surface area contributed by atoms with Crippen LogP contribution < -0.4 is 15.4 Å². The standard InChI is InChI=1S/C24H21N3O5/c1-16-7-11-18(12-8-16)25-24(29)21(15-17-9-13-19(14-10-17)27(30)31)26-23(28)20-5-3-4-6-22(20)32-2/h3-15H,1-2H3,(H,25,29)(H,26,28)/b21-15+. The maximum Gasteiger partial charge on any atom is 0.272 e. The van der Waals surface area contributed by atoms with E-state index < -0.39 is 16.7 Å². The minimum atomic E-state index is -0.546. The second-order valence-corrected chi connectivity index (χ2v) is 6.88. The molecule has 0 aliphatic rings. The summed E-state index contributed by atoms with van der Waals surface area (Å²) in [6.45, 7) is 1.93. The number of nitrogens with one attached hydrogen (secondary N) is 2. The molecule has 0 heterocycles. The Labute approximate surface area is 184 Å². The average Bonchev–Trinajstić information content (AvgIpc) is 2.80. The Hall–Kier alpha value is -4.46. The summed E-state index contributed by atoms with van der Waals surface area (Å²) in [7, 11) is 1.45. The molecule has 2 N–H and O–H groups in total. The highest BCUT2D eigenvalue weighted by Crippen LogP contribution is 2.19. The molecule has 8 heteroatoms. The Balaban J connectivity index is 1.92. The van der Waals surface area contributed by atoms with Crippen molar-refractivity contribution in [1.82, 2.24) is 5.32 Å². The highest BCUT2D eigenvalue weighted by molar-refractivity contribution is 6.11. The number of amides is 2. The van der Waals surface area contributed by atoms with Crippen LogP contribution in [0.4, 0.5) is 11.4 Å². The number of non-ortho nitro benzene ring substituents is 1. The summed E-state index contributed by atoms with van der Waals surface area (Å²) in [5.74, 6) is -0.719. The fourth-order valence-electron chi connectivity index (χ4n) is 2.87. The third-order valence-electron chi connectivity index (χ3n) is 4.57. The molecule has 0 radical (unpaired) electrons. The number of benzene rings is 3. The lowest BCUT2D eigenvalue weighted by Crippen LogP contribution is -2.31. The maximum absolute atomic E-state index is 13.0. The molecule has 162 valence electrons. The Morgan fingerprint density at radius 2 is 1.62 bits per heavy atom. The molecule has 0 spiro atoms. The molecule has 0 atom stereocenters. The van der Waals surface area contributed by atoms with Crippen LogP contribution in [0.2, 0.25) is 0 Å². The van der Waals surface area contributed by atoms with Crippen LogP contribution in [0.1, 0.15) is 21.5 Å². The van der Waals surface area contributed by atoms with Crippen LogP contribution in [0.5, 0.6) is 5.75 Å². The Morgan fingerprint density at radius 1 is 0.969 bits per heavy atom. The fraction of sp³-hybridized carbons (Fsp3) is 0.0833. The van der Waals surface area contributed by atoms with E-state index in [9.17, 15) is 19.7 Å². The number of nitrogens with zero attached hydrogens (tertiary/aromatic N) is 1. The number of ether oxygens (including phenoxy) is 1. The van der Waals surface area contributed by atoms with Crippen LogP contribution in [0.3, 0.4) is 0 Å². The van der Waals surface area contributed by atoms with Crippen molar-refractivity contribution in [2.24, 2.45) is 0 Å². The van der Waals surface area contributed by atoms with Gasteiger partial charge in [-0.15, -0.1) is 0 Å². The first-order chi connectivity index (χ1) is 15.4. The van der Waals surface area contributed by atoms with Crippen LogP contribution >= 0.6 is 0 Å². The van der Waals surface area contributed by atoms with Crippen molar-refractivity contribution in [3.8, 4) is 5.75 Å². The van der Waals surface area contributed by atoms with Crippen molar-refractivity contribution in [2.75, 3.05) is 12.4 Å². The van der Waals surface area contributed by atoms with Gasteiger partial charge in [-0.3, -0.25) is 19.7 Å². The molecular weight excluding hydrogens is 410 g/mol. The zero-order valence-corrected chi connectivity index (χ0v) is 17.5. The number of rotatable bonds is 7. The van der Waals surface area contributed by atoms with Crippen molar-refractivity contribution in [1.29, 1.82) is 0 Å². The van der Waals surface area contributed by atoms with E-state index >= 15 is 0 Å². The smallest absolute Gasteiger partial charge is 0.272 e. The van der Waals surface area contributed by atoms with Crippen LogP contribution in [0.15, 0.2) is 78.5 Å². The molecule has 8 nitrogen and oxygen atoms in total. The summed E-state index contributed by atoms with van der Waals surface area (Å²) in [6.07, 6.45) is 1.45. The van der Waals surface area contributed by atoms with Crippen LogP contribution in [0.25, 0.3) is 6.08 Å².